The molecule has 0 saturated heterocycles. The number of ether oxygens (including phenoxy) is 2. The second-order valence-electron chi connectivity index (χ2n) is 8.72. The molecule has 2 heterocycles. The summed E-state index contributed by atoms with van der Waals surface area (Å²) in [5.74, 6) is -0.961. The van der Waals surface area contributed by atoms with Gasteiger partial charge in [0.1, 0.15) is 28.7 Å². The van der Waals surface area contributed by atoms with E-state index in [1.807, 2.05) is 20.8 Å². The van der Waals surface area contributed by atoms with Crippen LogP contribution in [0, 0.1) is 12.8 Å². The minimum absolute atomic E-state index is 0.224. The van der Waals surface area contributed by atoms with Gasteiger partial charge in [0.15, 0.2) is 6.61 Å². The van der Waals surface area contributed by atoms with Gasteiger partial charge in [-0.15, -0.1) is 0 Å². The van der Waals surface area contributed by atoms with Gasteiger partial charge in [0.25, 0.3) is 5.91 Å². The van der Waals surface area contributed by atoms with Crippen molar-refractivity contribution >= 4 is 22.8 Å². The quantitative estimate of drug-likeness (QED) is 0.647. The molecule has 2 N–H and O–H groups in total. The van der Waals surface area contributed by atoms with E-state index in [-0.39, 0.29) is 18.1 Å². The van der Waals surface area contributed by atoms with E-state index in [1.165, 1.54) is 6.07 Å². The first-order valence-electron chi connectivity index (χ1n) is 10.5. The molecule has 3 rings (SSSR count). The number of aliphatic carboxylic acids is 1. The van der Waals surface area contributed by atoms with Crippen molar-refractivity contribution in [3.8, 4) is 11.5 Å². The summed E-state index contributed by atoms with van der Waals surface area (Å²) >= 11 is 0. The van der Waals surface area contributed by atoms with E-state index in [1.54, 1.807) is 19.9 Å². The highest BCUT2D eigenvalue weighted by Crippen LogP contribution is 2.42. The van der Waals surface area contributed by atoms with Gasteiger partial charge in [-0.1, -0.05) is 20.3 Å². The molecule has 1 aliphatic rings. The van der Waals surface area contributed by atoms with Crippen LogP contribution in [0.5, 0.6) is 11.5 Å². The molecule has 8 nitrogen and oxygen atoms in total. The third-order valence-electron chi connectivity index (χ3n) is 5.76. The van der Waals surface area contributed by atoms with Gasteiger partial charge in [-0.3, -0.25) is 4.79 Å². The highest BCUT2D eigenvalue weighted by Gasteiger charge is 2.31. The van der Waals surface area contributed by atoms with Crippen LogP contribution in [-0.2, 0) is 16.0 Å². The molecule has 1 aromatic heterocycles. The normalized spacial score (nSPS) is 16.7. The summed E-state index contributed by atoms with van der Waals surface area (Å²) in [6.45, 7) is 8.97. The fourth-order valence-electron chi connectivity index (χ4n) is 3.78. The number of carbonyl (C=O) groups is 2. The number of nitrogens with one attached hydrogen (secondary N) is 1. The number of carbonyl (C=O) groups excluding carboxylic acids is 1. The van der Waals surface area contributed by atoms with Crippen LogP contribution in [0.1, 0.15) is 51.7 Å². The maximum atomic E-state index is 12.4. The van der Waals surface area contributed by atoms with Crippen LogP contribution in [-0.4, -0.2) is 35.2 Å². The first-order chi connectivity index (χ1) is 14.5. The lowest BCUT2D eigenvalue weighted by atomic mass is 9.92. The van der Waals surface area contributed by atoms with Crippen molar-refractivity contribution in [3.63, 3.8) is 0 Å². The number of rotatable bonds is 7. The van der Waals surface area contributed by atoms with Crippen molar-refractivity contribution < 1.29 is 28.6 Å². The maximum Gasteiger partial charge on any atom is 0.336 e. The van der Waals surface area contributed by atoms with E-state index >= 15 is 0 Å². The molecule has 8 heteroatoms. The molecule has 31 heavy (non-hydrogen) atoms. The minimum atomic E-state index is -1.09. The Labute approximate surface area is 180 Å². The summed E-state index contributed by atoms with van der Waals surface area (Å²) in [5.41, 5.74) is 1.01. The lowest BCUT2D eigenvalue weighted by Gasteiger charge is -2.33. The Morgan fingerprint density at radius 3 is 2.68 bits per heavy atom. The molecule has 1 aliphatic heterocycles. The Bertz CT molecular complexity index is 1070. The second-order valence-corrected chi connectivity index (χ2v) is 8.72. The molecule has 1 amide bonds. The maximum absolute atomic E-state index is 12.4. The molecule has 2 atom stereocenters. The van der Waals surface area contributed by atoms with E-state index in [4.69, 9.17) is 13.9 Å². The Hall–Kier alpha value is -3.03. The molecule has 0 aliphatic carbocycles. The highest BCUT2D eigenvalue weighted by atomic mass is 16.5. The molecule has 0 radical (unpaired) electrons. The Balaban J connectivity index is 1.92. The number of aryl methyl sites for hydroxylation is 2. The fourth-order valence-corrected chi connectivity index (χ4v) is 3.78. The zero-order chi connectivity index (χ0) is 22.9. The van der Waals surface area contributed by atoms with Crippen LogP contribution in [0.25, 0.3) is 11.0 Å². The van der Waals surface area contributed by atoms with Gasteiger partial charge in [-0.05, 0) is 45.1 Å². The molecule has 2 aromatic rings. The predicted molar refractivity (Wildman–Crippen MR) is 115 cm³/mol. The minimum Gasteiger partial charge on any atom is -0.487 e. The van der Waals surface area contributed by atoms with Crippen LogP contribution < -0.4 is 20.4 Å². The van der Waals surface area contributed by atoms with E-state index in [0.29, 0.717) is 40.9 Å². The van der Waals surface area contributed by atoms with Crippen LogP contribution >= 0.6 is 0 Å². The zero-order valence-corrected chi connectivity index (χ0v) is 18.5. The number of carboxylic acid groups (broad SMARTS) is 1. The van der Waals surface area contributed by atoms with Crippen molar-refractivity contribution in [3.05, 3.63) is 33.7 Å². The van der Waals surface area contributed by atoms with Crippen molar-refractivity contribution in [1.82, 2.24) is 5.32 Å². The van der Waals surface area contributed by atoms with Crippen molar-refractivity contribution in [2.45, 2.75) is 65.5 Å². The van der Waals surface area contributed by atoms with Crippen LogP contribution in [0.4, 0.5) is 0 Å². The topological polar surface area (TPSA) is 115 Å². The molecule has 0 bridgehead atoms. The fraction of sp³-hybridized carbons (Fsp3) is 0.522. The Kier molecular flexibility index (Phi) is 6.29. The van der Waals surface area contributed by atoms with E-state index < -0.39 is 23.5 Å². The van der Waals surface area contributed by atoms with Gasteiger partial charge in [0.2, 0.25) is 0 Å². The van der Waals surface area contributed by atoms with Crippen molar-refractivity contribution in [1.29, 1.82) is 0 Å². The Morgan fingerprint density at radius 1 is 1.32 bits per heavy atom. The van der Waals surface area contributed by atoms with Crippen molar-refractivity contribution in [2.24, 2.45) is 5.92 Å². The largest absolute Gasteiger partial charge is 0.487 e. The van der Waals surface area contributed by atoms with Crippen LogP contribution in [0.3, 0.4) is 0 Å². The van der Waals surface area contributed by atoms with Gasteiger partial charge in [-0.2, -0.15) is 0 Å². The first kappa shape index (κ1) is 22.7. The number of amides is 1. The van der Waals surface area contributed by atoms with E-state index in [0.717, 1.165) is 12.0 Å². The lowest BCUT2D eigenvalue weighted by Crippen LogP contribution is -2.46. The molecule has 0 spiro atoms. The lowest BCUT2D eigenvalue weighted by molar-refractivity contribution is -0.143. The van der Waals surface area contributed by atoms with Crippen LogP contribution in [0.15, 0.2) is 21.3 Å². The van der Waals surface area contributed by atoms with Gasteiger partial charge in [0, 0.05) is 17.7 Å². The number of benzene rings is 1. The average molecular weight is 431 g/mol. The third kappa shape index (κ3) is 4.84. The summed E-state index contributed by atoms with van der Waals surface area (Å²) in [7, 11) is 0. The van der Waals surface area contributed by atoms with Gasteiger partial charge >= 0.3 is 11.6 Å². The molecule has 0 fully saturated rings. The standard InChI is InChI=1S/C23H29NO7/c1-6-12(2)20(22(27)28)24-17(25)11-29-16-10-15-14(7-8-23(4,5)31-15)21-19(16)13(3)9-18(26)30-21/h9-10,12,20H,6-8,11H2,1-5H3,(H,24,25)(H,27,28)/t12-,20-/m0/s1. The summed E-state index contributed by atoms with van der Waals surface area (Å²) in [5, 5.41) is 12.5. The SMILES string of the molecule is CC[C@H](C)[C@H](NC(=O)COc1cc2c(c3oc(=O)cc(C)c13)CCC(C)(C)O2)C(=O)O. The second kappa shape index (κ2) is 8.61. The highest BCUT2D eigenvalue weighted by molar-refractivity contribution is 5.92. The molecule has 0 unspecified atom stereocenters. The van der Waals surface area contributed by atoms with Crippen molar-refractivity contribution in [2.75, 3.05) is 6.61 Å². The molecule has 0 saturated carbocycles. The Morgan fingerprint density at radius 2 is 2.03 bits per heavy atom. The van der Waals surface area contributed by atoms with Crippen LogP contribution in [0.2, 0.25) is 0 Å². The zero-order valence-electron chi connectivity index (χ0n) is 18.5. The molecule has 1 aromatic carbocycles. The number of carboxylic acids is 1. The molecular formula is C23H29NO7. The first-order valence-corrected chi connectivity index (χ1v) is 10.5. The van der Waals surface area contributed by atoms with E-state index in [2.05, 4.69) is 5.32 Å². The molecular weight excluding hydrogens is 402 g/mol. The summed E-state index contributed by atoms with van der Waals surface area (Å²) in [6, 6.07) is 2.09. The number of fused-ring (bicyclic) bond motifs is 3. The number of hydrogen-bond donors (Lipinski definition) is 2. The summed E-state index contributed by atoms with van der Waals surface area (Å²) < 4.78 is 17.4. The summed E-state index contributed by atoms with van der Waals surface area (Å²) in [4.78, 5) is 35.9. The monoisotopic (exact) mass is 431 g/mol. The smallest absolute Gasteiger partial charge is 0.336 e. The average Bonchev–Trinajstić information content (AvgIpc) is 2.67. The van der Waals surface area contributed by atoms with Gasteiger partial charge in [-0.25, -0.2) is 9.59 Å². The van der Waals surface area contributed by atoms with Gasteiger partial charge < -0.3 is 24.3 Å². The predicted octanol–water partition coefficient (Wildman–Crippen LogP) is 3.20. The third-order valence-corrected chi connectivity index (χ3v) is 5.76. The molecule has 168 valence electrons. The summed E-state index contributed by atoms with van der Waals surface area (Å²) in [6.07, 6.45) is 2.06. The van der Waals surface area contributed by atoms with Gasteiger partial charge in [0.05, 0.1) is 5.39 Å². The number of hydrogen-bond acceptors (Lipinski definition) is 6. The van der Waals surface area contributed by atoms with E-state index in [9.17, 15) is 19.5 Å².